The summed E-state index contributed by atoms with van der Waals surface area (Å²) in [5, 5.41) is 0. The van der Waals surface area contributed by atoms with Crippen LogP contribution in [0.4, 0.5) is 0 Å². The number of rotatable bonds is 3. The van der Waals surface area contributed by atoms with E-state index in [-0.39, 0.29) is 17.1 Å². The summed E-state index contributed by atoms with van der Waals surface area (Å²) in [7, 11) is 0. The lowest BCUT2D eigenvalue weighted by Gasteiger charge is -2.29. The molecule has 3 aliphatic rings. The molecule has 3 heteroatoms. The molecule has 0 bridgehead atoms. The number of Topliss-reactive ketones (excluding diaryl/α,β-unsaturated/α-hetero) is 1. The molecule has 4 rings (SSSR count). The minimum absolute atomic E-state index is 0.0975. The van der Waals surface area contributed by atoms with Crippen molar-refractivity contribution in [2.75, 3.05) is 0 Å². The topological polar surface area (TPSA) is 43.4 Å². The van der Waals surface area contributed by atoms with Gasteiger partial charge in [-0.2, -0.15) is 0 Å². The first-order chi connectivity index (χ1) is 10.1. The molecule has 0 radical (unpaired) electrons. The smallest absolute Gasteiger partial charge is 0.338 e. The molecule has 1 aromatic rings. The highest BCUT2D eigenvalue weighted by Crippen LogP contribution is 2.75. The number of hydrogen-bond donors (Lipinski definition) is 0. The van der Waals surface area contributed by atoms with Crippen LogP contribution >= 0.6 is 0 Å². The van der Waals surface area contributed by atoms with Gasteiger partial charge in [-0.15, -0.1) is 6.58 Å². The highest BCUT2D eigenvalue weighted by atomic mass is 16.5. The Morgan fingerprint density at radius 2 is 2.10 bits per heavy atom. The van der Waals surface area contributed by atoms with Gasteiger partial charge in [0.1, 0.15) is 0 Å². The Morgan fingerprint density at radius 3 is 2.71 bits per heavy atom. The number of carbonyl (C=O) groups is 2. The standard InChI is InChI=1S/C18H18O3/c1-3-10-9-18(2)14-12(10)13(14)15(19)16(18)21-17(20)11-7-5-4-6-8-11/h3-8,10,12-14,16H,1,9H2,2H3/t10-,12?,13?,14+,16?,18+/m1/s1. The Balaban J connectivity index is 1.58. The number of ether oxygens (including phenoxy) is 1. The number of benzene rings is 1. The second-order valence-corrected chi connectivity index (χ2v) is 6.79. The first-order valence-corrected chi connectivity index (χ1v) is 7.50. The molecule has 0 heterocycles. The Morgan fingerprint density at radius 1 is 1.38 bits per heavy atom. The molecule has 108 valence electrons. The molecular formula is C18H18O3. The Bertz CT molecular complexity index is 635. The lowest BCUT2D eigenvalue weighted by atomic mass is 9.81. The van der Waals surface area contributed by atoms with E-state index in [1.807, 2.05) is 12.1 Å². The van der Waals surface area contributed by atoms with E-state index in [2.05, 4.69) is 13.5 Å². The molecule has 0 aromatic heterocycles. The summed E-state index contributed by atoms with van der Waals surface area (Å²) in [6.07, 6.45) is 2.29. The number of ketones is 1. The van der Waals surface area contributed by atoms with E-state index in [4.69, 9.17) is 4.74 Å². The highest BCUT2D eigenvalue weighted by Gasteiger charge is 2.79. The summed E-state index contributed by atoms with van der Waals surface area (Å²) < 4.78 is 5.61. The fourth-order valence-electron chi connectivity index (χ4n) is 4.83. The van der Waals surface area contributed by atoms with Gasteiger partial charge in [0.25, 0.3) is 0 Å². The van der Waals surface area contributed by atoms with Crippen LogP contribution in [0.2, 0.25) is 0 Å². The zero-order valence-corrected chi connectivity index (χ0v) is 12.0. The van der Waals surface area contributed by atoms with Gasteiger partial charge in [0.15, 0.2) is 11.9 Å². The Labute approximate surface area is 124 Å². The molecule has 21 heavy (non-hydrogen) atoms. The van der Waals surface area contributed by atoms with Gasteiger partial charge in [-0.1, -0.05) is 31.2 Å². The second kappa shape index (κ2) is 4.06. The normalized spacial score (nSPS) is 42.5. The molecule has 3 saturated carbocycles. The van der Waals surface area contributed by atoms with Gasteiger partial charge in [-0.05, 0) is 36.3 Å². The predicted molar refractivity (Wildman–Crippen MR) is 77.5 cm³/mol. The van der Waals surface area contributed by atoms with E-state index in [0.29, 0.717) is 23.3 Å². The third-order valence-electron chi connectivity index (χ3n) is 5.73. The lowest BCUT2D eigenvalue weighted by Crippen LogP contribution is -2.37. The molecule has 3 fully saturated rings. The van der Waals surface area contributed by atoms with E-state index in [1.165, 1.54) is 0 Å². The maximum atomic E-state index is 12.5. The third kappa shape index (κ3) is 1.55. The van der Waals surface area contributed by atoms with Crippen LogP contribution in [0.1, 0.15) is 23.7 Å². The van der Waals surface area contributed by atoms with Crippen LogP contribution in [-0.4, -0.2) is 17.9 Å². The minimum Gasteiger partial charge on any atom is -0.450 e. The van der Waals surface area contributed by atoms with Crippen molar-refractivity contribution in [3.8, 4) is 0 Å². The lowest BCUT2D eigenvalue weighted by molar-refractivity contribution is -0.130. The number of carbonyl (C=O) groups excluding carboxylic acids is 2. The van der Waals surface area contributed by atoms with E-state index in [1.54, 1.807) is 24.3 Å². The van der Waals surface area contributed by atoms with Crippen LogP contribution in [0.25, 0.3) is 0 Å². The van der Waals surface area contributed by atoms with Crippen LogP contribution < -0.4 is 0 Å². The summed E-state index contributed by atoms with van der Waals surface area (Å²) in [5.74, 6) is 1.07. The van der Waals surface area contributed by atoms with Crippen LogP contribution in [0, 0.1) is 29.1 Å². The molecular weight excluding hydrogens is 264 g/mol. The fourth-order valence-corrected chi connectivity index (χ4v) is 4.83. The quantitative estimate of drug-likeness (QED) is 0.632. The van der Waals surface area contributed by atoms with Crippen molar-refractivity contribution in [2.45, 2.75) is 19.4 Å². The maximum Gasteiger partial charge on any atom is 0.338 e. The molecule has 0 aliphatic heterocycles. The van der Waals surface area contributed by atoms with Gasteiger partial charge in [-0.3, -0.25) is 4.79 Å². The number of esters is 1. The molecule has 1 aromatic carbocycles. The molecule has 0 spiro atoms. The van der Waals surface area contributed by atoms with Crippen molar-refractivity contribution in [1.29, 1.82) is 0 Å². The van der Waals surface area contributed by atoms with E-state index in [9.17, 15) is 9.59 Å². The second-order valence-electron chi connectivity index (χ2n) is 6.79. The zero-order valence-electron chi connectivity index (χ0n) is 12.0. The summed E-state index contributed by atoms with van der Waals surface area (Å²) in [6, 6.07) is 8.88. The SMILES string of the molecule is C=C[C@@H]1C[C@]2(C)C(OC(=O)c3ccccc3)C(=O)C3C1[C@@H]32. The Hall–Kier alpha value is -1.90. The van der Waals surface area contributed by atoms with Gasteiger partial charge < -0.3 is 4.74 Å². The van der Waals surface area contributed by atoms with Crippen molar-refractivity contribution in [2.24, 2.45) is 29.1 Å². The van der Waals surface area contributed by atoms with Crippen molar-refractivity contribution in [1.82, 2.24) is 0 Å². The molecule has 3 aliphatic carbocycles. The first kappa shape index (κ1) is 12.8. The van der Waals surface area contributed by atoms with Crippen molar-refractivity contribution >= 4 is 11.8 Å². The van der Waals surface area contributed by atoms with Crippen LogP contribution in [0.5, 0.6) is 0 Å². The number of fused-ring (bicyclic) bond motifs is 1. The maximum absolute atomic E-state index is 12.5. The van der Waals surface area contributed by atoms with Crippen LogP contribution in [-0.2, 0) is 9.53 Å². The van der Waals surface area contributed by atoms with E-state index >= 15 is 0 Å². The van der Waals surface area contributed by atoms with Crippen LogP contribution in [0.15, 0.2) is 43.0 Å². The van der Waals surface area contributed by atoms with Gasteiger partial charge >= 0.3 is 5.97 Å². The largest absolute Gasteiger partial charge is 0.450 e. The molecule has 3 unspecified atom stereocenters. The van der Waals surface area contributed by atoms with Crippen molar-refractivity contribution < 1.29 is 14.3 Å². The number of allylic oxidation sites excluding steroid dienone is 1. The molecule has 0 N–H and O–H groups in total. The molecule has 0 saturated heterocycles. The summed E-state index contributed by atoms with van der Waals surface area (Å²) in [6.45, 7) is 5.99. The number of hydrogen-bond acceptors (Lipinski definition) is 3. The molecule has 6 atom stereocenters. The predicted octanol–water partition coefficient (Wildman–Crippen LogP) is 2.87. The van der Waals surface area contributed by atoms with Gasteiger partial charge in [0.05, 0.1) is 5.56 Å². The molecule has 0 amide bonds. The Kier molecular flexibility index (Phi) is 2.48. The monoisotopic (exact) mass is 282 g/mol. The highest BCUT2D eigenvalue weighted by molar-refractivity contribution is 5.97. The van der Waals surface area contributed by atoms with Gasteiger partial charge in [0, 0.05) is 11.3 Å². The van der Waals surface area contributed by atoms with E-state index in [0.717, 1.165) is 6.42 Å². The van der Waals surface area contributed by atoms with Crippen LogP contribution in [0.3, 0.4) is 0 Å². The molecule has 3 nitrogen and oxygen atoms in total. The summed E-state index contributed by atoms with van der Waals surface area (Å²) in [5.41, 5.74) is 0.305. The summed E-state index contributed by atoms with van der Waals surface area (Å²) >= 11 is 0. The van der Waals surface area contributed by atoms with Gasteiger partial charge in [0.2, 0.25) is 0 Å². The summed E-state index contributed by atoms with van der Waals surface area (Å²) in [4.78, 5) is 24.8. The minimum atomic E-state index is -0.582. The average Bonchev–Trinajstić information content (AvgIpc) is 3.15. The van der Waals surface area contributed by atoms with Gasteiger partial charge in [-0.25, -0.2) is 4.79 Å². The van der Waals surface area contributed by atoms with Crippen molar-refractivity contribution in [3.63, 3.8) is 0 Å². The third-order valence-corrected chi connectivity index (χ3v) is 5.73. The van der Waals surface area contributed by atoms with E-state index < -0.39 is 12.1 Å². The average molecular weight is 282 g/mol. The fraction of sp³-hybridized carbons (Fsp3) is 0.444. The van der Waals surface area contributed by atoms with Crippen molar-refractivity contribution in [3.05, 3.63) is 48.6 Å². The zero-order chi connectivity index (χ0) is 14.8. The first-order valence-electron chi connectivity index (χ1n) is 7.50.